The van der Waals surface area contributed by atoms with E-state index in [2.05, 4.69) is 25.9 Å². The quantitative estimate of drug-likeness (QED) is 0.726. The molecule has 0 radical (unpaired) electrons. The number of benzene rings is 1. The van der Waals surface area contributed by atoms with Gasteiger partial charge in [-0.15, -0.1) is 0 Å². The number of methoxy groups -OCH3 is 1. The van der Waals surface area contributed by atoms with E-state index in [4.69, 9.17) is 9.26 Å². The number of amides is 1. The Hall–Kier alpha value is -2.63. The van der Waals surface area contributed by atoms with Crippen LogP contribution in [0.5, 0.6) is 0 Å². The lowest BCUT2D eigenvalue weighted by molar-refractivity contribution is -0.146. The van der Waals surface area contributed by atoms with Gasteiger partial charge in [-0.25, -0.2) is 4.79 Å². The second kappa shape index (κ2) is 7.32. The Morgan fingerprint density at radius 2 is 1.90 bits per heavy atom. The Balaban J connectivity index is 1.67. The van der Waals surface area contributed by atoms with Gasteiger partial charge >= 0.3 is 5.97 Å². The van der Waals surface area contributed by atoms with Crippen molar-refractivity contribution in [2.24, 2.45) is 11.3 Å². The molecule has 0 fully saturated rings. The van der Waals surface area contributed by atoms with Gasteiger partial charge in [0.2, 0.25) is 0 Å². The predicted octanol–water partition coefficient (Wildman–Crippen LogP) is 3.57. The molecule has 0 saturated heterocycles. The summed E-state index contributed by atoms with van der Waals surface area (Å²) in [5.74, 6) is 0.604. The first-order valence-electron chi connectivity index (χ1n) is 10.2. The molecule has 6 heteroatoms. The monoisotopic (exact) mass is 396 g/mol. The number of rotatable bonds is 2. The van der Waals surface area contributed by atoms with Gasteiger partial charge in [0.25, 0.3) is 5.91 Å². The molecule has 1 amide bonds. The first-order chi connectivity index (χ1) is 13.8. The molecular formula is C23H28N2O4. The molecule has 4 rings (SSSR count). The molecule has 154 valence electrons. The molecule has 0 bridgehead atoms. The van der Waals surface area contributed by atoms with Crippen LogP contribution in [-0.4, -0.2) is 35.1 Å². The number of carbonyl (C=O) groups excluding carboxylic acids is 2. The largest absolute Gasteiger partial charge is 0.467 e. The lowest BCUT2D eigenvalue weighted by atomic mass is 9.71. The number of ether oxygens (including phenoxy) is 1. The van der Waals surface area contributed by atoms with Crippen molar-refractivity contribution in [3.05, 3.63) is 52.4 Å². The fraction of sp³-hybridized carbons (Fsp3) is 0.522. The van der Waals surface area contributed by atoms with Crippen molar-refractivity contribution in [2.45, 2.75) is 59.0 Å². The van der Waals surface area contributed by atoms with E-state index in [-0.39, 0.29) is 11.3 Å². The minimum absolute atomic E-state index is 0.147. The molecule has 0 unspecified atom stereocenters. The number of esters is 1. The maximum Gasteiger partial charge on any atom is 0.328 e. The van der Waals surface area contributed by atoms with E-state index >= 15 is 0 Å². The average molecular weight is 396 g/mol. The van der Waals surface area contributed by atoms with Crippen LogP contribution in [0.25, 0.3) is 0 Å². The number of carbonyl (C=O) groups is 2. The molecule has 1 aliphatic carbocycles. The van der Waals surface area contributed by atoms with Crippen molar-refractivity contribution in [1.82, 2.24) is 10.1 Å². The highest BCUT2D eigenvalue weighted by molar-refractivity contribution is 5.97. The van der Waals surface area contributed by atoms with E-state index in [1.165, 1.54) is 7.11 Å². The van der Waals surface area contributed by atoms with Crippen LogP contribution >= 0.6 is 0 Å². The topological polar surface area (TPSA) is 72.6 Å². The van der Waals surface area contributed by atoms with E-state index < -0.39 is 12.0 Å². The summed E-state index contributed by atoms with van der Waals surface area (Å²) in [7, 11) is 1.36. The Bertz CT molecular complexity index is 941. The highest BCUT2D eigenvalue weighted by atomic mass is 16.5. The highest BCUT2D eigenvalue weighted by Gasteiger charge is 2.40. The summed E-state index contributed by atoms with van der Waals surface area (Å²) in [6.45, 7) is 7.05. The third kappa shape index (κ3) is 3.56. The van der Waals surface area contributed by atoms with Crippen LogP contribution < -0.4 is 0 Å². The molecule has 6 nitrogen and oxygen atoms in total. The number of hydrogen-bond donors (Lipinski definition) is 0. The summed E-state index contributed by atoms with van der Waals surface area (Å²) >= 11 is 0. The van der Waals surface area contributed by atoms with Crippen LogP contribution in [0, 0.1) is 11.3 Å². The van der Waals surface area contributed by atoms with E-state index in [0.717, 1.165) is 41.7 Å². The van der Waals surface area contributed by atoms with Crippen molar-refractivity contribution in [1.29, 1.82) is 0 Å². The zero-order valence-corrected chi connectivity index (χ0v) is 17.5. The molecule has 1 aromatic heterocycles. The van der Waals surface area contributed by atoms with Crippen molar-refractivity contribution in [3.8, 4) is 0 Å². The third-order valence-electron chi connectivity index (χ3n) is 6.45. The van der Waals surface area contributed by atoms with E-state index in [1.54, 1.807) is 4.90 Å². The van der Waals surface area contributed by atoms with Gasteiger partial charge in [0.05, 0.1) is 7.11 Å². The summed E-state index contributed by atoms with van der Waals surface area (Å²) in [5.41, 5.74) is 3.52. The molecule has 1 aromatic carbocycles. The zero-order valence-electron chi connectivity index (χ0n) is 17.5. The summed E-state index contributed by atoms with van der Waals surface area (Å²) in [5, 5.41) is 4.15. The molecule has 2 aliphatic rings. The molecule has 0 saturated carbocycles. The Morgan fingerprint density at radius 3 is 2.59 bits per heavy atom. The molecule has 0 N–H and O–H groups in total. The lowest BCUT2D eigenvalue weighted by Crippen LogP contribution is -2.49. The van der Waals surface area contributed by atoms with Crippen molar-refractivity contribution < 1.29 is 18.8 Å². The second-order valence-electron chi connectivity index (χ2n) is 9.18. The van der Waals surface area contributed by atoms with Gasteiger partial charge in [0.15, 0.2) is 5.69 Å². The summed E-state index contributed by atoms with van der Waals surface area (Å²) < 4.78 is 10.5. The summed E-state index contributed by atoms with van der Waals surface area (Å²) in [4.78, 5) is 27.6. The van der Waals surface area contributed by atoms with E-state index in [1.807, 2.05) is 24.3 Å². The van der Waals surface area contributed by atoms with Crippen LogP contribution in [0.15, 0.2) is 28.8 Å². The first kappa shape index (κ1) is 19.7. The number of fused-ring (bicyclic) bond motifs is 2. The molecular weight excluding hydrogens is 368 g/mol. The van der Waals surface area contributed by atoms with E-state index in [0.29, 0.717) is 24.6 Å². The zero-order chi connectivity index (χ0) is 20.8. The number of aryl methyl sites for hydroxylation is 1. The molecule has 29 heavy (non-hydrogen) atoms. The summed E-state index contributed by atoms with van der Waals surface area (Å²) in [6, 6.07) is 7.24. The van der Waals surface area contributed by atoms with Crippen molar-refractivity contribution in [2.75, 3.05) is 7.11 Å². The van der Waals surface area contributed by atoms with Gasteiger partial charge in [-0.2, -0.15) is 0 Å². The fourth-order valence-corrected chi connectivity index (χ4v) is 4.53. The Morgan fingerprint density at radius 1 is 1.17 bits per heavy atom. The molecule has 1 aliphatic heterocycles. The lowest BCUT2D eigenvalue weighted by Gasteiger charge is -2.35. The molecule has 2 aromatic rings. The molecule has 2 atom stereocenters. The van der Waals surface area contributed by atoms with Gasteiger partial charge in [0.1, 0.15) is 11.8 Å². The Kier molecular flexibility index (Phi) is 4.97. The van der Waals surface area contributed by atoms with Crippen molar-refractivity contribution >= 4 is 11.9 Å². The standard InChI is InChI=1S/C23H28N2O4/c1-23(2,3)16-9-10-19-17(12-16)20(24-29-19)21(26)25-13-15-8-6-5-7-14(15)11-18(25)22(27)28-4/h5-8,16,18H,9-13H2,1-4H3/t16-,18-/m0/s1. The summed E-state index contributed by atoms with van der Waals surface area (Å²) in [6.07, 6.45) is 3.04. The first-order valence-corrected chi connectivity index (χ1v) is 10.2. The third-order valence-corrected chi connectivity index (χ3v) is 6.45. The normalized spacial score (nSPS) is 21.3. The minimum atomic E-state index is -0.656. The second-order valence-corrected chi connectivity index (χ2v) is 9.18. The molecule has 0 spiro atoms. The minimum Gasteiger partial charge on any atom is -0.467 e. The van der Waals surface area contributed by atoms with Crippen LogP contribution in [0.3, 0.4) is 0 Å². The van der Waals surface area contributed by atoms with E-state index in [9.17, 15) is 9.59 Å². The van der Waals surface area contributed by atoms with Crippen LogP contribution in [-0.2, 0) is 35.3 Å². The van der Waals surface area contributed by atoms with Gasteiger partial charge in [-0.05, 0) is 35.3 Å². The number of hydrogen-bond acceptors (Lipinski definition) is 5. The Labute approximate surface area is 171 Å². The van der Waals surface area contributed by atoms with Crippen molar-refractivity contribution in [3.63, 3.8) is 0 Å². The highest BCUT2D eigenvalue weighted by Crippen LogP contribution is 2.39. The van der Waals surface area contributed by atoms with Gasteiger partial charge in [-0.1, -0.05) is 50.2 Å². The van der Waals surface area contributed by atoms with Gasteiger partial charge in [-0.3, -0.25) is 4.79 Å². The van der Waals surface area contributed by atoms with Gasteiger partial charge < -0.3 is 14.2 Å². The number of aromatic nitrogens is 1. The smallest absolute Gasteiger partial charge is 0.328 e. The van der Waals surface area contributed by atoms with Crippen LogP contribution in [0.1, 0.15) is 60.1 Å². The maximum absolute atomic E-state index is 13.5. The fourth-order valence-electron chi connectivity index (χ4n) is 4.53. The maximum atomic E-state index is 13.5. The van der Waals surface area contributed by atoms with Crippen LogP contribution in [0.4, 0.5) is 0 Å². The average Bonchev–Trinajstić information content (AvgIpc) is 3.14. The van der Waals surface area contributed by atoms with Crippen LogP contribution in [0.2, 0.25) is 0 Å². The SMILES string of the molecule is COC(=O)[C@@H]1Cc2ccccc2CN1C(=O)c1noc2c1C[C@@H](C(C)(C)C)CC2. The van der Waals surface area contributed by atoms with Gasteiger partial charge in [0, 0.05) is 24.9 Å². The number of nitrogens with zero attached hydrogens (tertiary/aromatic N) is 2. The predicted molar refractivity (Wildman–Crippen MR) is 107 cm³/mol. The molecule has 2 heterocycles.